The Labute approximate surface area is 89.8 Å². The van der Waals surface area contributed by atoms with E-state index in [1.165, 1.54) is 38.7 Å². The first-order chi connectivity index (χ1) is 7.34. The van der Waals surface area contributed by atoms with Gasteiger partial charge in [-0.1, -0.05) is 5.16 Å². The minimum Gasteiger partial charge on any atom is -0.343 e. The summed E-state index contributed by atoms with van der Waals surface area (Å²) in [4.78, 5) is 6.37. The maximum absolute atomic E-state index is 4.69. The van der Waals surface area contributed by atoms with Crippen LogP contribution in [0.4, 0.5) is 0 Å². The second kappa shape index (κ2) is 5.23. The standard InChI is InChI=1S/C10H18N4O/c1-14-5-2-3-9(4-6-14)11-7-10-12-8-15-13-10/h8-9,11H,2-7H2,1H3. The van der Waals surface area contributed by atoms with E-state index in [1.807, 2.05) is 0 Å². The van der Waals surface area contributed by atoms with Crippen LogP contribution in [-0.2, 0) is 6.54 Å². The van der Waals surface area contributed by atoms with Gasteiger partial charge in [-0.25, -0.2) is 0 Å². The molecule has 2 rings (SSSR count). The number of nitrogens with one attached hydrogen (secondary N) is 1. The van der Waals surface area contributed by atoms with Crippen LogP contribution >= 0.6 is 0 Å². The molecule has 0 aliphatic carbocycles. The molecule has 1 atom stereocenters. The van der Waals surface area contributed by atoms with E-state index in [2.05, 4.69) is 31.9 Å². The van der Waals surface area contributed by atoms with E-state index in [0.29, 0.717) is 12.6 Å². The van der Waals surface area contributed by atoms with Crippen LogP contribution in [0.15, 0.2) is 10.9 Å². The van der Waals surface area contributed by atoms with Gasteiger partial charge in [0.1, 0.15) is 0 Å². The smallest absolute Gasteiger partial charge is 0.213 e. The topological polar surface area (TPSA) is 54.2 Å². The third-order valence-corrected chi connectivity index (χ3v) is 2.91. The first kappa shape index (κ1) is 10.6. The molecule has 15 heavy (non-hydrogen) atoms. The first-order valence-corrected chi connectivity index (χ1v) is 5.52. The highest BCUT2D eigenvalue weighted by atomic mass is 16.5. The Bertz CT molecular complexity index is 275. The van der Waals surface area contributed by atoms with Crippen molar-refractivity contribution in [1.82, 2.24) is 20.4 Å². The molecule has 84 valence electrons. The number of hydrogen-bond acceptors (Lipinski definition) is 5. The summed E-state index contributed by atoms with van der Waals surface area (Å²) in [5.74, 6) is 0.743. The Hall–Kier alpha value is -0.940. The summed E-state index contributed by atoms with van der Waals surface area (Å²) in [5, 5.41) is 7.25. The summed E-state index contributed by atoms with van der Waals surface area (Å²) < 4.78 is 4.69. The SMILES string of the molecule is CN1CCCC(NCc2ncon2)CC1. The molecule has 1 aliphatic heterocycles. The van der Waals surface area contributed by atoms with Gasteiger partial charge in [0.2, 0.25) is 6.39 Å². The normalized spacial score (nSPS) is 23.9. The zero-order chi connectivity index (χ0) is 10.5. The molecule has 0 amide bonds. The van der Waals surface area contributed by atoms with E-state index in [-0.39, 0.29) is 0 Å². The fourth-order valence-electron chi connectivity index (χ4n) is 1.95. The van der Waals surface area contributed by atoms with Crippen LogP contribution in [0.1, 0.15) is 25.1 Å². The average Bonchev–Trinajstić information content (AvgIpc) is 2.66. The molecule has 0 spiro atoms. The largest absolute Gasteiger partial charge is 0.343 e. The number of nitrogens with zero attached hydrogens (tertiary/aromatic N) is 3. The predicted molar refractivity (Wildman–Crippen MR) is 56.3 cm³/mol. The second-order valence-corrected chi connectivity index (χ2v) is 4.16. The Morgan fingerprint density at radius 2 is 2.47 bits per heavy atom. The van der Waals surface area contributed by atoms with Crippen LogP contribution in [0.3, 0.4) is 0 Å². The molecule has 1 saturated heterocycles. The lowest BCUT2D eigenvalue weighted by Gasteiger charge is -2.15. The van der Waals surface area contributed by atoms with Gasteiger partial charge in [0.05, 0.1) is 6.54 Å². The van der Waals surface area contributed by atoms with Crippen LogP contribution in [0.2, 0.25) is 0 Å². The van der Waals surface area contributed by atoms with Gasteiger partial charge in [-0.2, -0.15) is 4.98 Å². The molecule has 5 nitrogen and oxygen atoms in total. The van der Waals surface area contributed by atoms with Gasteiger partial charge in [-0.3, -0.25) is 0 Å². The van der Waals surface area contributed by atoms with E-state index in [1.54, 1.807) is 0 Å². The summed E-state index contributed by atoms with van der Waals surface area (Å²) in [7, 11) is 2.18. The second-order valence-electron chi connectivity index (χ2n) is 4.16. The monoisotopic (exact) mass is 210 g/mol. The van der Waals surface area contributed by atoms with E-state index in [9.17, 15) is 0 Å². The molecule has 0 aromatic carbocycles. The molecule has 2 heterocycles. The molecule has 1 aromatic rings. The maximum atomic E-state index is 4.69. The van der Waals surface area contributed by atoms with Crippen LogP contribution in [0.25, 0.3) is 0 Å². The van der Waals surface area contributed by atoms with Gasteiger partial charge in [-0.05, 0) is 39.4 Å². The van der Waals surface area contributed by atoms with Gasteiger partial charge in [0.15, 0.2) is 5.82 Å². The average molecular weight is 210 g/mol. The van der Waals surface area contributed by atoms with Gasteiger partial charge in [0.25, 0.3) is 0 Å². The Balaban J connectivity index is 1.74. The Morgan fingerprint density at radius 1 is 1.53 bits per heavy atom. The van der Waals surface area contributed by atoms with Crippen LogP contribution < -0.4 is 5.32 Å². The fourth-order valence-corrected chi connectivity index (χ4v) is 1.95. The molecule has 1 N–H and O–H groups in total. The summed E-state index contributed by atoms with van der Waals surface area (Å²) in [6, 6.07) is 0.591. The number of hydrogen-bond donors (Lipinski definition) is 1. The van der Waals surface area contributed by atoms with Crippen molar-refractivity contribution in [3.8, 4) is 0 Å². The van der Waals surface area contributed by atoms with Gasteiger partial charge in [-0.15, -0.1) is 0 Å². The van der Waals surface area contributed by atoms with E-state index in [4.69, 9.17) is 0 Å². The van der Waals surface area contributed by atoms with Crippen molar-refractivity contribution < 1.29 is 4.52 Å². The predicted octanol–water partition coefficient (Wildman–Crippen LogP) is 0.643. The zero-order valence-electron chi connectivity index (χ0n) is 9.15. The van der Waals surface area contributed by atoms with Crippen LogP contribution in [-0.4, -0.2) is 41.2 Å². The summed E-state index contributed by atoms with van der Waals surface area (Å²) in [6.07, 6.45) is 5.08. The maximum Gasteiger partial charge on any atom is 0.213 e. The first-order valence-electron chi connectivity index (χ1n) is 5.52. The summed E-state index contributed by atoms with van der Waals surface area (Å²) in [5.41, 5.74) is 0. The third kappa shape index (κ3) is 3.28. The molecule has 1 fully saturated rings. The van der Waals surface area contributed by atoms with E-state index < -0.39 is 0 Å². The minimum absolute atomic E-state index is 0.591. The van der Waals surface area contributed by atoms with E-state index >= 15 is 0 Å². The molecule has 0 radical (unpaired) electrons. The molecule has 0 saturated carbocycles. The lowest BCUT2D eigenvalue weighted by molar-refractivity contribution is 0.342. The van der Waals surface area contributed by atoms with Crippen molar-refractivity contribution in [2.45, 2.75) is 31.8 Å². The van der Waals surface area contributed by atoms with Crippen molar-refractivity contribution in [2.24, 2.45) is 0 Å². The highest BCUT2D eigenvalue weighted by molar-refractivity contribution is 4.80. The van der Waals surface area contributed by atoms with Gasteiger partial charge in [0, 0.05) is 6.04 Å². The van der Waals surface area contributed by atoms with Crippen molar-refractivity contribution in [2.75, 3.05) is 20.1 Å². The van der Waals surface area contributed by atoms with Gasteiger partial charge >= 0.3 is 0 Å². The van der Waals surface area contributed by atoms with E-state index in [0.717, 1.165) is 5.82 Å². The summed E-state index contributed by atoms with van der Waals surface area (Å²) >= 11 is 0. The van der Waals surface area contributed by atoms with Crippen molar-refractivity contribution >= 4 is 0 Å². The molecule has 1 aromatic heterocycles. The summed E-state index contributed by atoms with van der Waals surface area (Å²) in [6.45, 7) is 3.09. The lowest BCUT2D eigenvalue weighted by atomic mass is 10.1. The minimum atomic E-state index is 0.591. The van der Waals surface area contributed by atoms with Crippen molar-refractivity contribution in [3.63, 3.8) is 0 Å². The molecule has 0 bridgehead atoms. The molecule has 1 aliphatic rings. The number of aromatic nitrogens is 2. The van der Waals surface area contributed by atoms with Gasteiger partial charge < -0.3 is 14.7 Å². The Kier molecular flexibility index (Phi) is 3.69. The highest BCUT2D eigenvalue weighted by Gasteiger charge is 2.14. The molecule has 5 heteroatoms. The molecule has 1 unspecified atom stereocenters. The Morgan fingerprint density at radius 3 is 3.27 bits per heavy atom. The quantitative estimate of drug-likeness (QED) is 0.793. The number of rotatable bonds is 3. The number of likely N-dealkylation sites (tertiary alicyclic amines) is 1. The highest BCUT2D eigenvalue weighted by Crippen LogP contribution is 2.09. The zero-order valence-corrected chi connectivity index (χ0v) is 9.15. The molecular formula is C10H18N4O. The van der Waals surface area contributed by atoms with Crippen LogP contribution in [0.5, 0.6) is 0 Å². The van der Waals surface area contributed by atoms with Crippen LogP contribution in [0, 0.1) is 0 Å². The third-order valence-electron chi connectivity index (χ3n) is 2.91. The fraction of sp³-hybridized carbons (Fsp3) is 0.800. The molecular weight excluding hydrogens is 192 g/mol. The van der Waals surface area contributed by atoms with Crippen molar-refractivity contribution in [3.05, 3.63) is 12.2 Å². The van der Waals surface area contributed by atoms with Crippen molar-refractivity contribution in [1.29, 1.82) is 0 Å². The lowest BCUT2D eigenvalue weighted by Crippen LogP contribution is -2.30.